The Morgan fingerprint density at radius 3 is 2.25 bits per heavy atom. The van der Waals surface area contributed by atoms with Gasteiger partial charge in [0.25, 0.3) is 0 Å². The fraction of sp³-hybridized carbons (Fsp3) is 0.143. The van der Waals surface area contributed by atoms with Gasteiger partial charge >= 0.3 is 62.2 Å². The van der Waals surface area contributed by atoms with Crippen LogP contribution in [0.1, 0.15) is 6.99 Å². The van der Waals surface area contributed by atoms with E-state index >= 15 is 0 Å². The van der Waals surface area contributed by atoms with Gasteiger partial charge in [-0.25, -0.2) is 0 Å². The molecule has 0 N–H and O–H groups in total. The zero-order valence-corrected chi connectivity index (χ0v) is 6.22. The average molecular weight is 116 g/mol. The van der Waals surface area contributed by atoms with E-state index in [1.54, 1.807) is 0 Å². The molecule has 1 heteroatoms. The Labute approximate surface area is 63.8 Å². The Hall–Kier alpha value is -0.0138. The van der Waals surface area contributed by atoms with Gasteiger partial charge in [-0.1, -0.05) is 0 Å². The van der Waals surface area contributed by atoms with Crippen molar-refractivity contribution in [1.82, 2.24) is 0 Å². The zero-order chi connectivity index (χ0) is 5.82. The summed E-state index contributed by atoms with van der Waals surface area (Å²) in [6.45, 7) is 0. The van der Waals surface area contributed by atoms with Crippen molar-refractivity contribution >= 4 is 21.7 Å². The van der Waals surface area contributed by atoms with Gasteiger partial charge in [0.1, 0.15) is 0 Å². The SMILES string of the molecule is [H-].[Mg+][CH2]c1ccccc1. The maximum absolute atomic E-state index is 2.15. The number of hydrogen-bond acceptors (Lipinski definition) is 0. The maximum atomic E-state index is 2.15. The average Bonchev–Trinajstić information content (AvgIpc) is 1.90. The summed E-state index contributed by atoms with van der Waals surface area (Å²) in [5, 5.41) is 0. The molecular formula is C7H8Mg. The molecule has 1 rings (SSSR count). The third kappa shape index (κ3) is 1.49. The van der Waals surface area contributed by atoms with Crippen LogP contribution >= 0.6 is 0 Å². The van der Waals surface area contributed by atoms with Crippen molar-refractivity contribution in [2.24, 2.45) is 0 Å². The molecule has 8 heavy (non-hydrogen) atoms. The van der Waals surface area contributed by atoms with E-state index in [-0.39, 0.29) is 1.43 Å². The summed E-state index contributed by atoms with van der Waals surface area (Å²) >= 11 is 1.98. The minimum absolute atomic E-state index is 0. The predicted molar refractivity (Wildman–Crippen MR) is 37.0 cm³/mol. The van der Waals surface area contributed by atoms with Crippen molar-refractivity contribution < 1.29 is 1.43 Å². The summed E-state index contributed by atoms with van der Waals surface area (Å²) in [6.07, 6.45) is 0. The molecule has 0 aliphatic carbocycles. The van der Waals surface area contributed by atoms with E-state index in [1.165, 1.54) is 10.1 Å². The number of rotatable bonds is 1. The Morgan fingerprint density at radius 2 is 1.88 bits per heavy atom. The van der Waals surface area contributed by atoms with Crippen LogP contribution in [-0.2, 0) is 4.55 Å². The fourth-order valence-electron chi connectivity index (χ4n) is 0.645. The van der Waals surface area contributed by atoms with Gasteiger partial charge in [0.05, 0.1) is 0 Å². The Morgan fingerprint density at radius 1 is 1.25 bits per heavy atom. The summed E-state index contributed by atoms with van der Waals surface area (Å²) in [5.41, 5.74) is 1.42. The van der Waals surface area contributed by atoms with Crippen molar-refractivity contribution in [1.29, 1.82) is 0 Å². The van der Waals surface area contributed by atoms with Gasteiger partial charge in [-0.2, -0.15) is 0 Å². The Balaban J connectivity index is 0.000000640. The van der Waals surface area contributed by atoms with Crippen LogP contribution in [0.4, 0.5) is 0 Å². The summed E-state index contributed by atoms with van der Waals surface area (Å²) in [4.78, 5) is 0. The summed E-state index contributed by atoms with van der Waals surface area (Å²) in [7, 11) is 0. The molecule has 0 aliphatic rings. The first-order chi connectivity index (χ1) is 3.93. The van der Waals surface area contributed by atoms with Crippen LogP contribution in [0.25, 0.3) is 0 Å². The van der Waals surface area contributed by atoms with Crippen LogP contribution in [0.2, 0.25) is 0 Å². The normalized spacial score (nSPS) is 9.25. The van der Waals surface area contributed by atoms with Crippen molar-refractivity contribution in [3.05, 3.63) is 35.9 Å². The van der Waals surface area contributed by atoms with Gasteiger partial charge in [0.2, 0.25) is 0 Å². The standard InChI is InChI=1S/C7H7.Mg.H/c1-7-5-3-2-4-6-7;;/h2-6H,1H2;;/q;+1;-1. The van der Waals surface area contributed by atoms with Gasteiger partial charge in [0.15, 0.2) is 0 Å². The molecule has 0 spiro atoms. The number of benzene rings is 1. The summed E-state index contributed by atoms with van der Waals surface area (Å²) in [5.74, 6) is 0. The molecule has 0 radical (unpaired) electrons. The second-order valence-electron chi connectivity index (χ2n) is 1.74. The van der Waals surface area contributed by atoms with Gasteiger partial charge in [-0.05, 0) is 0 Å². The van der Waals surface area contributed by atoms with Crippen molar-refractivity contribution in [2.75, 3.05) is 0 Å². The second kappa shape index (κ2) is 3.10. The molecule has 0 nitrogen and oxygen atoms in total. The van der Waals surface area contributed by atoms with Crippen molar-refractivity contribution in [2.45, 2.75) is 4.55 Å². The molecule has 1 aromatic carbocycles. The quantitative estimate of drug-likeness (QED) is 0.488. The molecule has 0 aromatic heterocycles. The van der Waals surface area contributed by atoms with Gasteiger partial charge < -0.3 is 1.43 Å². The third-order valence-corrected chi connectivity index (χ3v) is 1.71. The second-order valence-corrected chi connectivity index (χ2v) is 2.24. The molecule has 0 saturated heterocycles. The van der Waals surface area contributed by atoms with E-state index in [0.717, 1.165) is 0 Å². The minimum atomic E-state index is 0. The fourth-order valence-corrected chi connectivity index (χ4v) is 0.978. The molecule has 0 atom stereocenters. The van der Waals surface area contributed by atoms with Crippen LogP contribution in [0.5, 0.6) is 0 Å². The van der Waals surface area contributed by atoms with Crippen LogP contribution in [-0.4, -0.2) is 21.7 Å². The van der Waals surface area contributed by atoms with Crippen LogP contribution in [0.3, 0.4) is 0 Å². The molecular weight excluding hydrogens is 108 g/mol. The molecule has 0 amide bonds. The molecule has 0 saturated carbocycles. The molecule has 1 aromatic rings. The van der Waals surface area contributed by atoms with Crippen LogP contribution in [0.15, 0.2) is 30.3 Å². The Bertz CT molecular complexity index is 150. The first-order valence-corrected chi connectivity index (χ1v) is 3.76. The van der Waals surface area contributed by atoms with Crippen molar-refractivity contribution in [3.8, 4) is 0 Å². The van der Waals surface area contributed by atoms with Crippen molar-refractivity contribution in [3.63, 3.8) is 0 Å². The van der Waals surface area contributed by atoms with Gasteiger partial charge in [0, 0.05) is 0 Å². The zero-order valence-electron chi connectivity index (χ0n) is 5.80. The van der Waals surface area contributed by atoms with E-state index in [4.69, 9.17) is 0 Å². The molecule has 38 valence electrons. The topological polar surface area (TPSA) is 0 Å². The number of hydrogen-bond donors (Lipinski definition) is 0. The van der Waals surface area contributed by atoms with Crippen LogP contribution < -0.4 is 0 Å². The van der Waals surface area contributed by atoms with E-state index in [9.17, 15) is 0 Å². The Kier molecular flexibility index (Phi) is 2.37. The molecule has 0 aliphatic heterocycles. The van der Waals surface area contributed by atoms with E-state index in [2.05, 4.69) is 24.3 Å². The molecule has 0 unspecified atom stereocenters. The first-order valence-electron chi connectivity index (χ1n) is 2.76. The third-order valence-electron chi connectivity index (χ3n) is 1.13. The first kappa shape index (κ1) is 6.11. The van der Waals surface area contributed by atoms with Gasteiger partial charge in [-0.3, -0.25) is 0 Å². The summed E-state index contributed by atoms with van der Waals surface area (Å²) in [6, 6.07) is 10.5. The van der Waals surface area contributed by atoms with E-state index in [0.29, 0.717) is 0 Å². The van der Waals surface area contributed by atoms with Crippen LogP contribution in [0, 0.1) is 0 Å². The monoisotopic (exact) mass is 116 g/mol. The molecule has 0 bridgehead atoms. The van der Waals surface area contributed by atoms with Gasteiger partial charge in [-0.15, -0.1) is 0 Å². The van der Waals surface area contributed by atoms with E-state index in [1.807, 2.05) is 27.8 Å². The molecule has 0 heterocycles. The predicted octanol–water partition coefficient (Wildman–Crippen LogP) is 1.47. The van der Waals surface area contributed by atoms with E-state index < -0.39 is 0 Å². The summed E-state index contributed by atoms with van der Waals surface area (Å²) < 4.78 is 1.17. The molecule has 0 fully saturated rings.